The summed E-state index contributed by atoms with van der Waals surface area (Å²) >= 11 is 0. The molecule has 2 N–H and O–H groups in total. The van der Waals surface area contributed by atoms with Gasteiger partial charge in [-0.3, -0.25) is 4.79 Å². The van der Waals surface area contributed by atoms with Crippen LogP contribution >= 0.6 is 0 Å². The Labute approximate surface area is 122 Å². The molecule has 0 bridgehead atoms. The largest absolute Gasteiger partial charge is 0.385 e. The first-order valence-electron chi connectivity index (χ1n) is 7.71. The minimum absolute atomic E-state index is 0.00980. The van der Waals surface area contributed by atoms with E-state index in [1.807, 2.05) is 25.1 Å². The van der Waals surface area contributed by atoms with E-state index in [0.717, 1.165) is 42.6 Å². The lowest BCUT2D eigenvalue weighted by Crippen LogP contribution is -2.43. The zero-order valence-electron chi connectivity index (χ0n) is 12.9. The summed E-state index contributed by atoms with van der Waals surface area (Å²) in [7, 11) is 0. The fourth-order valence-electron chi connectivity index (χ4n) is 2.89. The van der Waals surface area contributed by atoms with Gasteiger partial charge in [0.05, 0.1) is 0 Å². The maximum atomic E-state index is 12.4. The van der Waals surface area contributed by atoms with E-state index in [9.17, 15) is 4.79 Å². The van der Waals surface area contributed by atoms with Gasteiger partial charge in [-0.2, -0.15) is 0 Å². The average molecular weight is 274 g/mol. The van der Waals surface area contributed by atoms with Gasteiger partial charge in [-0.25, -0.2) is 0 Å². The summed E-state index contributed by atoms with van der Waals surface area (Å²) in [6.45, 7) is 7.31. The Bertz CT molecular complexity index is 476. The zero-order chi connectivity index (χ0) is 14.6. The van der Waals surface area contributed by atoms with E-state index in [2.05, 4.69) is 24.5 Å². The van der Waals surface area contributed by atoms with Gasteiger partial charge in [-0.15, -0.1) is 0 Å². The number of anilines is 1. The first-order chi connectivity index (χ1) is 9.54. The van der Waals surface area contributed by atoms with Crippen molar-refractivity contribution in [3.8, 4) is 0 Å². The first-order valence-corrected chi connectivity index (χ1v) is 7.71. The molecule has 0 aliphatic heterocycles. The van der Waals surface area contributed by atoms with Gasteiger partial charge in [-0.1, -0.05) is 19.8 Å². The molecule has 1 aliphatic carbocycles. The molecule has 1 amide bonds. The third kappa shape index (κ3) is 3.53. The number of benzene rings is 1. The molecule has 0 aromatic heterocycles. The molecule has 3 nitrogen and oxygen atoms in total. The monoisotopic (exact) mass is 274 g/mol. The van der Waals surface area contributed by atoms with E-state index in [4.69, 9.17) is 0 Å². The highest BCUT2D eigenvalue weighted by Crippen LogP contribution is 2.29. The Kier molecular flexibility index (Phi) is 4.69. The van der Waals surface area contributed by atoms with Crippen molar-refractivity contribution >= 4 is 11.6 Å². The second-order valence-corrected chi connectivity index (χ2v) is 6.18. The van der Waals surface area contributed by atoms with E-state index in [0.29, 0.717) is 0 Å². The highest BCUT2D eigenvalue weighted by Gasteiger charge is 2.30. The van der Waals surface area contributed by atoms with Crippen molar-refractivity contribution in [3.05, 3.63) is 29.3 Å². The number of rotatable bonds is 5. The van der Waals surface area contributed by atoms with E-state index >= 15 is 0 Å². The number of hydrogen-bond donors (Lipinski definition) is 2. The number of aryl methyl sites for hydroxylation is 1. The van der Waals surface area contributed by atoms with Gasteiger partial charge in [0.25, 0.3) is 5.91 Å². The lowest BCUT2D eigenvalue weighted by molar-refractivity contribution is 0.0908. The number of nitrogens with one attached hydrogen (secondary N) is 2. The number of amides is 1. The van der Waals surface area contributed by atoms with Crippen LogP contribution in [0.3, 0.4) is 0 Å². The first kappa shape index (κ1) is 14.9. The van der Waals surface area contributed by atoms with Crippen molar-refractivity contribution in [2.24, 2.45) is 0 Å². The molecular weight excluding hydrogens is 248 g/mol. The molecule has 1 saturated carbocycles. The molecule has 3 heteroatoms. The zero-order valence-corrected chi connectivity index (χ0v) is 12.9. The van der Waals surface area contributed by atoms with Gasteiger partial charge in [0, 0.05) is 23.3 Å². The maximum absolute atomic E-state index is 12.4. The molecule has 20 heavy (non-hydrogen) atoms. The van der Waals surface area contributed by atoms with Crippen LogP contribution in [-0.4, -0.2) is 18.0 Å². The van der Waals surface area contributed by atoms with Gasteiger partial charge in [0.2, 0.25) is 0 Å². The molecule has 1 aliphatic rings. The lowest BCUT2D eigenvalue weighted by atomic mass is 9.99. The van der Waals surface area contributed by atoms with Crippen LogP contribution in [0.5, 0.6) is 0 Å². The highest BCUT2D eigenvalue weighted by molar-refractivity contribution is 5.95. The smallest absolute Gasteiger partial charge is 0.251 e. The van der Waals surface area contributed by atoms with Crippen molar-refractivity contribution in [2.45, 2.75) is 58.4 Å². The fourth-order valence-corrected chi connectivity index (χ4v) is 2.89. The summed E-state index contributed by atoms with van der Waals surface area (Å²) in [4.78, 5) is 12.4. The molecular formula is C17H26N2O. The standard InChI is InChI=1S/C17H26N2O/c1-4-11-18-15-8-7-14(12-13(15)2)16(20)19-17(3)9-5-6-10-17/h7-8,12,18H,4-6,9-11H2,1-3H3,(H,19,20). The van der Waals surface area contributed by atoms with Crippen LogP contribution in [0.1, 0.15) is 61.9 Å². The average Bonchev–Trinajstić information content (AvgIpc) is 2.83. The van der Waals surface area contributed by atoms with Crippen LogP contribution in [0.2, 0.25) is 0 Å². The Morgan fingerprint density at radius 3 is 2.60 bits per heavy atom. The molecule has 0 heterocycles. The fraction of sp³-hybridized carbons (Fsp3) is 0.588. The molecule has 110 valence electrons. The van der Waals surface area contributed by atoms with E-state index in [1.54, 1.807) is 0 Å². The number of hydrogen-bond acceptors (Lipinski definition) is 2. The van der Waals surface area contributed by atoms with Gasteiger partial charge >= 0.3 is 0 Å². The second-order valence-electron chi connectivity index (χ2n) is 6.18. The Hall–Kier alpha value is -1.51. The van der Waals surface area contributed by atoms with Gasteiger partial charge in [0.1, 0.15) is 0 Å². The molecule has 1 aromatic rings. The predicted molar refractivity (Wildman–Crippen MR) is 84.3 cm³/mol. The van der Waals surface area contributed by atoms with Crippen LogP contribution in [0.25, 0.3) is 0 Å². The minimum atomic E-state index is -0.00980. The van der Waals surface area contributed by atoms with Gasteiger partial charge < -0.3 is 10.6 Å². The van der Waals surface area contributed by atoms with Crippen molar-refractivity contribution in [3.63, 3.8) is 0 Å². The molecule has 2 rings (SSSR count). The van der Waals surface area contributed by atoms with E-state index < -0.39 is 0 Å². The summed E-state index contributed by atoms with van der Waals surface area (Å²) < 4.78 is 0. The number of carbonyl (C=O) groups excluding carboxylic acids is 1. The summed E-state index contributed by atoms with van der Waals surface area (Å²) in [6.07, 6.45) is 5.72. The van der Waals surface area contributed by atoms with Crippen LogP contribution < -0.4 is 10.6 Å². The Morgan fingerprint density at radius 1 is 1.30 bits per heavy atom. The van der Waals surface area contributed by atoms with E-state index in [-0.39, 0.29) is 11.4 Å². The topological polar surface area (TPSA) is 41.1 Å². The Morgan fingerprint density at radius 2 is 2.00 bits per heavy atom. The van der Waals surface area contributed by atoms with Crippen LogP contribution in [0, 0.1) is 6.92 Å². The van der Waals surface area contributed by atoms with Gasteiger partial charge in [-0.05, 0) is 56.9 Å². The van der Waals surface area contributed by atoms with E-state index in [1.165, 1.54) is 12.8 Å². The van der Waals surface area contributed by atoms with Crippen LogP contribution in [-0.2, 0) is 0 Å². The maximum Gasteiger partial charge on any atom is 0.251 e. The molecule has 0 spiro atoms. The minimum Gasteiger partial charge on any atom is -0.385 e. The van der Waals surface area contributed by atoms with Crippen LogP contribution in [0.4, 0.5) is 5.69 Å². The van der Waals surface area contributed by atoms with Gasteiger partial charge in [0.15, 0.2) is 0 Å². The molecule has 0 atom stereocenters. The molecule has 0 unspecified atom stereocenters. The normalized spacial score (nSPS) is 16.9. The lowest BCUT2D eigenvalue weighted by Gasteiger charge is -2.25. The third-order valence-electron chi connectivity index (χ3n) is 4.18. The number of carbonyl (C=O) groups is 1. The predicted octanol–water partition coefficient (Wildman–Crippen LogP) is 3.88. The van der Waals surface area contributed by atoms with Crippen molar-refractivity contribution < 1.29 is 4.79 Å². The van der Waals surface area contributed by atoms with Crippen molar-refractivity contribution in [1.82, 2.24) is 5.32 Å². The van der Waals surface area contributed by atoms with Crippen molar-refractivity contribution in [2.75, 3.05) is 11.9 Å². The summed E-state index contributed by atoms with van der Waals surface area (Å²) in [5.74, 6) is 0.0551. The quantitative estimate of drug-likeness (QED) is 0.855. The molecule has 1 aromatic carbocycles. The summed E-state index contributed by atoms with van der Waals surface area (Å²) in [6, 6.07) is 5.90. The van der Waals surface area contributed by atoms with Crippen LogP contribution in [0.15, 0.2) is 18.2 Å². The highest BCUT2D eigenvalue weighted by atomic mass is 16.1. The Balaban J connectivity index is 2.05. The molecule has 0 radical (unpaired) electrons. The third-order valence-corrected chi connectivity index (χ3v) is 4.18. The SMILES string of the molecule is CCCNc1ccc(C(=O)NC2(C)CCCC2)cc1C. The molecule has 1 fully saturated rings. The summed E-state index contributed by atoms with van der Waals surface area (Å²) in [5.41, 5.74) is 3.00. The summed E-state index contributed by atoms with van der Waals surface area (Å²) in [5, 5.41) is 6.58. The second kappa shape index (κ2) is 6.29. The molecule has 0 saturated heterocycles. The van der Waals surface area contributed by atoms with Crippen molar-refractivity contribution in [1.29, 1.82) is 0 Å².